The molecular formula is C21H26F2N2O3. The van der Waals surface area contributed by atoms with Gasteiger partial charge < -0.3 is 19.5 Å². The molecule has 1 unspecified atom stereocenters. The van der Waals surface area contributed by atoms with Crippen molar-refractivity contribution in [2.45, 2.75) is 32.0 Å². The summed E-state index contributed by atoms with van der Waals surface area (Å²) in [4.78, 5) is 2.26. The van der Waals surface area contributed by atoms with Gasteiger partial charge in [-0.1, -0.05) is 18.2 Å². The monoisotopic (exact) mass is 392 g/mol. The van der Waals surface area contributed by atoms with Gasteiger partial charge in [0, 0.05) is 36.4 Å². The Kier molecular flexibility index (Phi) is 6.92. The van der Waals surface area contributed by atoms with Crippen molar-refractivity contribution < 1.29 is 23.0 Å². The van der Waals surface area contributed by atoms with E-state index >= 15 is 0 Å². The maximum absolute atomic E-state index is 12.6. The quantitative estimate of drug-likeness (QED) is 0.722. The summed E-state index contributed by atoms with van der Waals surface area (Å²) >= 11 is 0. The van der Waals surface area contributed by atoms with Gasteiger partial charge in [-0.25, -0.2) is 0 Å². The predicted octanol–water partition coefficient (Wildman–Crippen LogP) is 4.38. The molecule has 1 N–H and O–H groups in total. The maximum atomic E-state index is 12.6. The van der Waals surface area contributed by atoms with E-state index in [1.807, 2.05) is 30.3 Å². The predicted molar refractivity (Wildman–Crippen MR) is 105 cm³/mol. The van der Waals surface area contributed by atoms with E-state index in [1.165, 1.54) is 0 Å². The second-order valence-electron chi connectivity index (χ2n) is 6.77. The molecule has 2 aromatic carbocycles. The van der Waals surface area contributed by atoms with Crippen molar-refractivity contribution in [2.75, 3.05) is 32.6 Å². The maximum Gasteiger partial charge on any atom is 0.387 e. The minimum Gasteiger partial charge on any atom is -0.493 e. The van der Waals surface area contributed by atoms with Crippen LogP contribution < -0.4 is 19.5 Å². The number of hydrogen-bond donors (Lipinski definition) is 1. The third-order valence-electron chi connectivity index (χ3n) is 4.84. The smallest absolute Gasteiger partial charge is 0.387 e. The van der Waals surface area contributed by atoms with Crippen LogP contribution in [0.5, 0.6) is 17.2 Å². The van der Waals surface area contributed by atoms with Gasteiger partial charge in [0.25, 0.3) is 0 Å². The molecule has 1 aliphatic rings. The van der Waals surface area contributed by atoms with Crippen LogP contribution in [0.4, 0.5) is 14.5 Å². The van der Waals surface area contributed by atoms with E-state index in [2.05, 4.69) is 15.0 Å². The third kappa shape index (κ3) is 5.25. The summed E-state index contributed by atoms with van der Waals surface area (Å²) in [6.07, 6.45) is 2.07. The highest BCUT2D eigenvalue weighted by molar-refractivity contribution is 5.55. The topological polar surface area (TPSA) is 43.0 Å². The first-order valence-electron chi connectivity index (χ1n) is 9.32. The van der Waals surface area contributed by atoms with Crippen LogP contribution in [0.25, 0.3) is 0 Å². The van der Waals surface area contributed by atoms with Gasteiger partial charge in [0.2, 0.25) is 0 Å². The summed E-state index contributed by atoms with van der Waals surface area (Å²) in [5, 5.41) is 3.54. The van der Waals surface area contributed by atoms with Crippen molar-refractivity contribution >= 4 is 5.69 Å². The second kappa shape index (κ2) is 9.59. The number of nitrogens with one attached hydrogen (secondary N) is 1. The fourth-order valence-electron chi connectivity index (χ4n) is 3.56. The third-order valence-corrected chi connectivity index (χ3v) is 4.84. The summed E-state index contributed by atoms with van der Waals surface area (Å²) < 4.78 is 40.6. The highest BCUT2D eigenvalue weighted by atomic mass is 19.3. The zero-order chi connectivity index (χ0) is 19.9. The van der Waals surface area contributed by atoms with Gasteiger partial charge >= 0.3 is 6.61 Å². The van der Waals surface area contributed by atoms with Gasteiger partial charge in [-0.2, -0.15) is 8.78 Å². The van der Waals surface area contributed by atoms with Crippen LogP contribution >= 0.6 is 0 Å². The van der Waals surface area contributed by atoms with Crippen molar-refractivity contribution in [1.29, 1.82) is 0 Å². The van der Waals surface area contributed by atoms with Crippen LogP contribution in [0, 0.1) is 0 Å². The Morgan fingerprint density at radius 1 is 1.07 bits per heavy atom. The molecule has 0 aromatic heterocycles. The summed E-state index contributed by atoms with van der Waals surface area (Å²) in [7, 11) is 3.22. The minimum atomic E-state index is -2.82. The molecule has 152 valence electrons. The first kappa shape index (κ1) is 20.2. The standard InChI is InChI=1S/C21H26F2N2O3/c1-26-19-10-9-16(12-20(19)27-2)24-17-7-5-11-25(14-17)13-15-6-3-4-8-18(15)28-21(22)23/h3-4,6,8-10,12,17,21,24H,5,7,11,13-14H2,1-2H3. The number of nitrogens with zero attached hydrogens (tertiary/aromatic N) is 1. The summed E-state index contributed by atoms with van der Waals surface area (Å²) in [6.45, 7) is -0.501. The Morgan fingerprint density at radius 3 is 2.61 bits per heavy atom. The van der Waals surface area contributed by atoms with E-state index in [0.717, 1.165) is 37.2 Å². The molecule has 0 bridgehead atoms. The van der Waals surface area contributed by atoms with Gasteiger partial charge in [-0.15, -0.1) is 0 Å². The molecule has 2 aromatic rings. The lowest BCUT2D eigenvalue weighted by atomic mass is 10.0. The van der Waals surface area contributed by atoms with Gasteiger partial charge in [-0.3, -0.25) is 4.90 Å². The molecule has 1 aliphatic heterocycles. The van der Waals surface area contributed by atoms with E-state index in [0.29, 0.717) is 18.0 Å². The van der Waals surface area contributed by atoms with Crippen LogP contribution in [0.15, 0.2) is 42.5 Å². The molecule has 1 fully saturated rings. The highest BCUT2D eigenvalue weighted by Crippen LogP contribution is 2.31. The Hall–Kier alpha value is -2.54. The lowest BCUT2D eigenvalue weighted by Crippen LogP contribution is -2.41. The fourth-order valence-corrected chi connectivity index (χ4v) is 3.56. The molecule has 5 nitrogen and oxygen atoms in total. The average Bonchev–Trinajstić information content (AvgIpc) is 2.69. The number of hydrogen-bond acceptors (Lipinski definition) is 5. The Morgan fingerprint density at radius 2 is 1.86 bits per heavy atom. The Bertz CT molecular complexity index is 773. The van der Waals surface area contributed by atoms with Crippen LogP contribution in [-0.2, 0) is 6.54 Å². The molecule has 1 saturated heterocycles. The second-order valence-corrected chi connectivity index (χ2v) is 6.77. The zero-order valence-corrected chi connectivity index (χ0v) is 16.2. The Labute approximate surface area is 164 Å². The van der Waals surface area contributed by atoms with Gasteiger partial charge in [0.05, 0.1) is 14.2 Å². The number of anilines is 1. The van der Waals surface area contributed by atoms with Crippen molar-refractivity contribution in [3.8, 4) is 17.2 Å². The van der Waals surface area contributed by atoms with Gasteiger partial charge in [0.15, 0.2) is 11.5 Å². The zero-order valence-electron chi connectivity index (χ0n) is 16.2. The number of benzene rings is 2. The summed E-state index contributed by atoms with van der Waals surface area (Å²) in [5.41, 5.74) is 1.74. The lowest BCUT2D eigenvalue weighted by Gasteiger charge is -2.34. The number of methoxy groups -OCH3 is 2. The lowest BCUT2D eigenvalue weighted by molar-refractivity contribution is -0.0508. The Balaban J connectivity index is 1.63. The van der Waals surface area contributed by atoms with Crippen LogP contribution in [0.3, 0.4) is 0 Å². The van der Waals surface area contributed by atoms with Gasteiger partial charge in [-0.05, 0) is 37.6 Å². The molecule has 0 aliphatic carbocycles. The summed E-state index contributed by atoms with van der Waals surface area (Å²) in [5.74, 6) is 1.61. The van der Waals surface area contributed by atoms with Crippen LogP contribution in [0.1, 0.15) is 18.4 Å². The molecule has 7 heteroatoms. The first-order valence-corrected chi connectivity index (χ1v) is 9.32. The van der Waals surface area contributed by atoms with E-state index in [9.17, 15) is 8.78 Å². The normalized spacial score (nSPS) is 17.4. The van der Waals surface area contributed by atoms with Crippen molar-refractivity contribution in [1.82, 2.24) is 4.90 Å². The molecule has 3 rings (SSSR count). The first-order chi connectivity index (χ1) is 13.6. The molecule has 0 spiro atoms. The van der Waals surface area contributed by atoms with Crippen molar-refractivity contribution in [3.63, 3.8) is 0 Å². The minimum absolute atomic E-state index is 0.243. The van der Waals surface area contributed by atoms with E-state index in [1.54, 1.807) is 26.4 Å². The molecule has 1 heterocycles. The number of rotatable bonds is 8. The van der Waals surface area contributed by atoms with Crippen LogP contribution in [-0.4, -0.2) is 44.9 Å². The number of para-hydroxylation sites is 1. The van der Waals surface area contributed by atoms with E-state index in [4.69, 9.17) is 9.47 Å². The number of ether oxygens (including phenoxy) is 3. The number of halogens is 2. The average molecular weight is 392 g/mol. The van der Waals surface area contributed by atoms with Gasteiger partial charge in [0.1, 0.15) is 5.75 Å². The number of likely N-dealkylation sites (tertiary alicyclic amines) is 1. The summed E-state index contributed by atoms with van der Waals surface area (Å²) in [6, 6.07) is 13.0. The molecule has 0 saturated carbocycles. The number of piperidine rings is 1. The molecule has 28 heavy (non-hydrogen) atoms. The van der Waals surface area contributed by atoms with Crippen LogP contribution in [0.2, 0.25) is 0 Å². The largest absolute Gasteiger partial charge is 0.493 e. The fraction of sp³-hybridized carbons (Fsp3) is 0.429. The van der Waals surface area contributed by atoms with Crippen molar-refractivity contribution in [2.24, 2.45) is 0 Å². The van der Waals surface area contributed by atoms with E-state index < -0.39 is 6.61 Å². The SMILES string of the molecule is COc1ccc(NC2CCCN(Cc3ccccc3OC(F)F)C2)cc1OC. The molecule has 0 radical (unpaired) electrons. The molecule has 0 amide bonds. The highest BCUT2D eigenvalue weighted by Gasteiger charge is 2.21. The van der Waals surface area contributed by atoms with Crippen molar-refractivity contribution in [3.05, 3.63) is 48.0 Å². The molecule has 1 atom stereocenters. The molecular weight excluding hydrogens is 366 g/mol. The number of alkyl halides is 2. The van der Waals surface area contributed by atoms with E-state index in [-0.39, 0.29) is 11.8 Å².